The normalized spacial score (nSPS) is 11.6. The minimum atomic E-state index is -4.59. The SMILES string of the molecule is Cc1nnsc1C(=O)Nc1ccc(-n2nc(-c3nccs3)cc2C(F)(F)F)cc1. The van der Waals surface area contributed by atoms with Gasteiger partial charge in [-0.25, -0.2) is 9.67 Å². The van der Waals surface area contributed by atoms with E-state index in [4.69, 9.17) is 0 Å². The van der Waals surface area contributed by atoms with Crippen LogP contribution in [0.4, 0.5) is 18.9 Å². The molecule has 0 atom stereocenters. The fourth-order valence-corrected chi connectivity index (χ4v) is 3.69. The van der Waals surface area contributed by atoms with E-state index in [9.17, 15) is 18.0 Å². The maximum absolute atomic E-state index is 13.5. The van der Waals surface area contributed by atoms with Crippen molar-refractivity contribution in [3.05, 3.63) is 58.2 Å². The number of aryl methyl sites for hydroxylation is 1. The summed E-state index contributed by atoms with van der Waals surface area (Å²) < 4.78 is 45.0. The number of rotatable bonds is 4. The second kappa shape index (κ2) is 7.37. The van der Waals surface area contributed by atoms with Crippen molar-refractivity contribution in [2.75, 3.05) is 5.32 Å². The summed E-state index contributed by atoms with van der Waals surface area (Å²) in [5.41, 5.74) is 0.357. The topological polar surface area (TPSA) is 85.6 Å². The highest BCUT2D eigenvalue weighted by Crippen LogP contribution is 2.34. The lowest BCUT2D eigenvalue weighted by atomic mass is 10.2. The van der Waals surface area contributed by atoms with Crippen molar-refractivity contribution in [2.45, 2.75) is 13.1 Å². The lowest BCUT2D eigenvalue weighted by Gasteiger charge is -2.11. The molecular weight excluding hydrogens is 425 g/mol. The Bertz CT molecular complexity index is 1150. The number of carbonyl (C=O) groups excluding carboxylic acids is 1. The number of halogens is 3. The summed E-state index contributed by atoms with van der Waals surface area (Å²) in [5, 5.41) is 12.6. The molecule has 0 bridgehead atoms. The van der Waals surface area contributed by atoms with Crippen LogP contribution in [0.5, 0.6) is 0 Å². The van der Waals surface area contributed by atoms with Gasteiger partial charge in [-0.05, 0) is 48.8 Å². The van der Waals surface area contributed by atoms with Crippen LogP contribution < -0.4 is 5.32 Å². The highest BCUT2D eigenvalue weighted by Gasteiger charge is 2.36. The number of thiazole rings is 1. The molecular formula is C17H11F3N6OS2. The van der Waals surface area contributed by atoms with Gasteiger partial charge in [0, 0.05) is 17.3 Å². The Morgan fingerprint density at radius 3 is 2.55 bits per heavy atom. The molecule has 0 saturated carbocycles. The first-order valence-corrected chi connectivity index (χ1v) is 9.76. The van der Waals surface area contributed by atoms with Gasteiger partial charge in [0.05, 0.1) is 11.4 Å². The Labute approximate surface area is 170 Å². The largest absolute Gasteiger partial charge is 0.433 e. The Morgan fingerprint density at radius 2 is 1.97 bits per heavy atom. The molecule has 148 valence electrons. The third-order valence-corrected chi connectivity index (χ3v) is 5.50. The van der Waals surface area contributed by atoms with Gasteiger partial charge in [-0.2, -0.15) is 18.3 Å². The predicted octanol–water partition coefficient (Wildman–Crippen LogP) is 4.43. The van der Waals surface area contributed by atoms with Crippen LogP contribution in [0.3, 0.4) is 0 Å². The van der Waals surface area contributed by atoms with Gasteiger partial charge in [0.15, 0.2) is 0 Å². The molecule has 0 radical (unpaired) electrons. The van der Waals surface area contributed by atoms with Gasteiger partial charge in [0.1, 0.15) is 21.3 Å². The van der Waals surface area contributed by atoms with E-state index in [-0.39, 0.29) is 17.3 Å². The zero-order valence-electron chi connectivity index (χ0n) is 14.6. The first kappa shape index (κ1) is 19.2. The predicted molar refractivity (Wildman–Crippen MR) is 102 cm³/mol. The number of nitrogens with one attached hydrogen (secondary N) is 1. The number of anilines is 1. The van der Waals surface area contributed by atoms with Crippen molar-refractivity contribution in [1.29, 1.82) is 0 Å². The van der Waals surface area contributed by atoms with Crippen LogP contribution in [-0.4, -0.2) is 30.3 Å². The summed E-state index contributed by atoms with van der Waals surface area (Å²) in [5.74, 6) is -0.383. The van der Waals surface area contributed by atoms with Crippen LogP contribution in [0.25, 0.3) is 16.4 Å². The van der Waals surface area contributed by atoms with Crippen molar-refractivity contribution in [3.63, 3.8) is 0 Å². The van der Waals surface area contributed by atoms with Crippen LogP contribution >= 0.6 is 22.9 Å². The lowest BCUT2D eigenvalue weighted by Crippen LogP contribution is -2.14. The molecule has 0 saturated heterocycles. The maximum Gasteiger partial charge on any atom is 0.433 e. The van der Waals surface area contributed by atoms with Crippen molar-refractivity contribution in [2.24, 2.45) is 0 Å². The first-order chi connectivity index (χ1) is 13.8. The molecule has 0 fully saturated rings. The Kier molecular flexibility index (Phi) is 4.88. The van der Waals surface area contributed by atoms with E-state index < -0.39 is 11.9 Å². The number of benzene rings is 1. The fourth-order valence-electron chi connectivity index (χ4n) is 2.55. The summed E-state index contributed by atoms with van der Waals surface area (Å²) >= 11 is 2.17. The monoisotopic (exact) mass is 436 g/mol. The zero-order chi connectivity index (χ0) is 20.6. The average molecular weight is 436 g/mol. The quantitative estimate of drug-likeness (QED) is 0.512. The molecule has 0 aliphatic carbocycles. The van der Waals surface area contributed by atoms with Crippen molar-refractivity contribution >= 4 is 34.5 Å². The second-order valence-electron chi connectivity index (χ2n) is 5.85. The van der Waals surface area contributed by atoms with Crippen molar-refractivity contribution < 1.29 is 18.0 Å². The summed E-state index contributed by atoms with van der Waals surface area (Å²) in [6, 6.07) is 6.86. The molecule has 4 aromatic rings. The number of hydrogen-bond donors (Lipinski definition) is 1. The molecule has 1 aromatic carbocycles. The Morgan fingerprint density at radius 1 is 1.21 bits per heavy atom. The molecule has 12 heteroatoms. The van der Waals surface area contributed by atoms with Crippen molar-refractivity contribution in [1.82, 2.24) is 24.4 Å². The third-order valence-electron chi connectivity index (χ3n) is 3.88. The van der Waals surface area contributed by atoms with Gasteiger partial charge >= 0.3 is 6.18 Å². The number of nitrogens with zero attached hydrogens (tertiary/aromatic N) is 5. The molecule has 1 N–H and O–H groups in total. The minimum absolute atomic E-state index is 0.137. The fraction of sp³-hybridized carbons (Fsp3) is 0.118. The molecule has 7 nitrogen and oxygen atoms in total. The number of hydrogen-bond acceptors (Lipinski definition) is 7. The summed E-state index contributed by atoms with van der Waals surface area (Å²) in [6.45, 7) is 1.66. The Balaban J connectivity index is 1.63. The molecule has 3 heterocycles. The van der Waals surface area contributed by atoms with E-state index in [1.54, 1.807) is 12.3 Å². The number of amides is 1. The summed E-state index contributed by atoms with van der Waals surface area (Å²) in [7, 11) is 0. The molecule has 1 amide bonds. The number of aromatic nitrogens is 5. The van der Waals surface area contributed by atoms with E-state index in [0.29, 0.717) is 21.3 Å². The van der Waals surface area contributed by atoms with Gasteiger partial charge in [-0.1, -0.05) is 4.49 Å². The Hall–Kier alpha value is -3.12. The smallest absolute Gasteiger partial charge is 0.321 e. The van der Waals surface area contributed by atoms with Crippen LogP contribution in [0.1, 0.15) is 21.1 Å². The van der Waals surface area contributed by atoms with Crippen LogP contribution in [0, 0.1) is 6.92 Å². The first-order valence-electron chi connectivity index (χ1n) is 8.11. The van der Waals surface area contributed by atoms with E-state index in [1.165, 1.54) is 41.8 Å². The molecule has 0 aliphatic rings. The molecule has 3 aromatic heterocycles. The standard InChI is InChI=1S/C17H11F3N6OS2/c1-9-14(29-25-23-9)15(27)22-10-2-4-11(5-3-10)26-13(17(18,19)20)8-12(24-26)16-21-6-7-28-16/h2-8H,1H3,(H,22,27). The van der Waals surface area contributed by atoms with E-state index in [0.717, 1.165) is 22.3 Å². The molecule has 0 aliphatic heterocycles. The van der Waals surface area contributed by atoms with E-state index >= 15 is 0 Å². The van der Waals surface area contributed by atoms with E-state index in [2.05, 4.69) is 25.0 Å². The van der Waals surface area contributed by atoms with Crippen LogP contribution in [0.15, 0.2) is 41.9 Å². The van der Waals surface area contributed by atoms with Crippen LogP contribution in [-0.2, 0) is 6.18 Å². The zero-order valence-corrected chi connectivity index (χ0v) is 16.3. The van der Waals surface area contributed by atoms with Crippen LogP contribution in [0.2, 0.25) is 0 Å². The van der Waals surface area contributed by atoms with Gasteiger partial charge in [0.2, 0.25) is 0 Å². The van der Waals surface area contributed by atoms with Crippen molar-refractivity contribution in [3.8, 4) is 16.4 Å². The number of carbonyl (C=O) groups is 1. The third kappa shape index (κ3) is 3.89. The highest BCUT2D eigenvalue weighted by atomic mass is 32.1. The van der Waals surface area contributed by atoms with Gasteiger partial charge in [-0.15, -0.1) is 16.4 Å². The number of alkyl halides is 3. The van der Waals surface area contributed by atoms with Gasteiger partial charge in [-0.3, -0.25) is 4.79 Å². The summed E-state index contributed by atoms with van der Waals surface area (Å²) in [6.07, 6.45) is -3.09. The minimum Gasteiger partial charge on any atom is -0.321 e. The molecule has 29 heavy (non-hydrogen) atoms. The lowest BCUT2D eigenvalue weighted by molar-refractivity contribution is -0.142. The molecule has 4 rings (SSSR count). The molecule has 0 spiro atoms. The molecule has 0 unspecified atom stereocenters. The van der Waals surface area contributed by atoms with E-state index in [1.807, 2.05) is 0 Å². The average Bonchev–Trinajstić information content (AvgIpc) is 3.41. The van der Waals surface area contributed by atoms with Gasteiger partial charge < -0.3 is 5.32 Å². The summed E-state index contributed by atoms with van der Waals surface area (Å²) in [4.78, 5) is 16.6. The highest BCUT2D eigenvalue weighted by molar-refractivity contribution is 7.13. The second-order valence-corrected chi connectivity index (χ2v) is 7.50. The van der Waals surface area contributed by atoms with Gasteiger partial charge in [0.25, 0.3) is 5.91 Å². The maximum atomic E-state index is 13.5.